The predicted octanol–water partition coefficient (Wildman–Crippen LogP) is 11.2. The Balaban J connectivity index is 2.34. The number of quaternary nitrogens is 1. The molecule has 0 spiro atoms. The molecule has 228 valence electrons. The predicted molar refractivity (Wildman–Crippen MR) is 178 cm³/mol. The van der Waals surface area contributed by atoms with Crippen LogP contribution in [0.2, 0.25) is 0 Å². The van der Waals surface area contributed by atoms with Crippen LogP contribution in [0.25, 0.3) is 0 Å². The molecule has 0 aromatic carbocycles. The van der Waals surface area contributed by atoms with Gasteiger partial charge in [0.25, 0.3) is 0 Å². The average molecular weight is 582 g/mol. The van der Waals surface area contributed by atoms with Gasteiger partial charge in [-0.25, -0.2) is 4.98 Å². The molecule has 1 heterocycles. The molecule has 5 heteroatoms. The third kappa shape index (κ3) is 24.0. The van der Waals surface area contributed by atoms with Crippen LogP contribution in [-0.4, -0.2) is 55.3 Å². The second kappa shape index (κ2) is 25.3. The van der Waals surface area contributed by atoms with E-state index in [1.807, 2.05) is 23.5 Å². The highest BCUT2D eigenvalue weighted by Crippen LogP contribution is 2.29. The Morgan fingerprint density at radius 1 is 0.564 bits per heavy atom. The molecule has 0 radical (unpaired) electrons. The van der Waals surface area contributed by atoms with Gasteiger partial charge >= 0.3 is 0 Å². The Hall–Kier alpha value is -0.390. The van der Waals surface area contributed by atoms with Gasteiger partial charge in [0.05, 0.1) is 21.1 Å². The molecule has 0 unspecified atom stereocenters. The Kier molecular flexibility index (Phi) is 23.8. The molecule has 0 saturated carbocycles. The van der Waals surface area contributed by atoms with Crippen LogP contribution in [0.4, 0.5) is 0 Å². The van der Waals surface area contributed by atoms with Crippen molar-refractivity contribution in [1.29, 1.82) is 0 Å². The average Bonchev–Trinajstić information content (AvgIpc) is 2.89. The smallest absolute Gasteiger partial charge is 0.137 e. The third-order valence-corrected chi connectivity index (χ3v) is 9.27. The van der Waals surface area contributed by atoms with Gasteiger partial charge < -0.3 is 9.22 Å². The topological polar surface area (TPSA) is 22.1 Å². The van der Waals surface area contributed by atoms with Gasteiger partial charge in [0.2, 0.25) is 0 Å². The van der Waals surface area contributed by atoms with Crippen LogP contribution in [-0.2, 0) is 0 Å². The van der Waals surface area contributed by atoms with E-state index in [-0.39, 0.29) is 0 Å². The quantitative estimate of drug-likeness (QED) is 0.0557. The molecule has 0 fully saturated rings. The highest BCUT2D eigenvalue weighted by Gasteiger charge is 2.10. The number of nitrogens with zero attached hydrogens (tertiary/aromatic N) is 2. The summed E-state index contributed by atoms with van der Waals surface area (Å²) in [5.41, 5.74) is 0. The number of likely N-dealkylation sites (N-methyl/N-ethyl adjacent to an activating group) is 1. The van der Waals surface area contributed by atoms with Crippen LogP contribution in [0.3, 0.4) is 0 Å². The summed E-state index contributed by atoms with van der Waals surface area (Å²) in [6.07, 6.45) is 27.8. The second-order valence-corrected chi connectivity index (χ2v) is 14.6. The van der Waals surface area contributed by atoms with Crippen molar-refractivity contribution >= 4 is 23.5 Å². The van der Waals surface area contributed by atoms with Gasteiger partial charge in [-0.3, -0.25) is 0 Å². The number of thioether (sulfide) groups is 2. The van der Waals surface area contributed by atoms with Crippen LogP contribution in [0, 0.1) is 0 Å². The maximum Gasteiger partial charge on any atom is 0.137 e. The fourth-order valence-corrected chi connectivity index (χ4v) is 6.56. The van der Waals surface area contributed by atoms with E-state index >= 15 is 0 Å². The van der Waals surface area contributed by atoms with Gasteiger partial charge in [-0.2, -0.15) is 0 Å². The van der Waals surface area contributed by atoms with Crippen molar-refractivity contribution in [3.05, 3.63) is 12.1 Å². The van der Waals surface area contributed by atoms with Crippen LogP contribution in [0.1, 0.15) is 142 Å². The van der Waals surface area contributed by atoms with E-state index in [1.165, 1.54) is 128 Å². The standard InChI is InChI=1S/C34H65N2OS2/c1-6-8-10-12-14-16-18-20-22-24-28-38-33-30-32(37-27-26-36(3,4)5)31-34(35-33)39-29-25-23-21-19-17-15-13-11-9-7-2/h30-31H,6-29H2,1-5H3/q+1. The summed E-state index contributed by atoms with van der Waals surface area (Å²) in [4.78, 5) is 5.00. The maximum atomic E-state index is 6.19. The zero-order valence-corrected chi connectivity index (χ0v) is 28.4. The SMILES string of the molecule is CCCCCCCCCCCCSc1cc(OCC[N+](C)(C)C)cc(SCCCCCCCCCCCC)n1. The fraction of sp³-hybridized carbons (Fsp3) is 0.853. The van der Waals surface area contributed by atoms with Crippen molar-refractivity contribution in [2.24, 2.45) is 0 Å². The number of aromatic nitrogens is 1. The number of rotatable bonds is 28. The van der Waals surface area contributed by atoms with Crippen LogP contribution in [0.15, 0.2) is 22.2 Å². The van der Waals surface area contributed by atoms with E-state index in [2.05, 4.69) is 47.1 Å². The van der Waals surface area contributed by atoms with Crippen molar-refractivity contribution in [1.82, 2.24) is 4.98 Å². The van der Waals surface area contributed by atoms with Crippen molar-refractivity contribution in [3.63, 3.8) is 0 Å². The van der Waals surface area contributed by atoms with Gasteiger partial charge in [0.1, 0.15) is 29.0 Å². The molecule has 0 saturated heterocycles. The Morgan fingerprint density at radius 2 is 0.923 bits per heavy atom. The van der Waals surface area contributed by atoms with Gasteiger partial charge in [0, 0.05) is 12.1 Å². The highest BCUT2D eigenvalue weighted by molar-refractivity contribution is 7.99. The zero-order valence-electron chi connectivity index (χ0n) is 26.7. The van der Waals surface area contributed by atoms with Gasteiger partial charge in [0.15, 0.2) is 0 Å². The van der Waals surface area contributed by atoms with Crippen LogP contribution < -0.4 is 4.74 Å². The normalized spacial score (nSPS) is 11.8. The lowest BCUT2D eigenvalue weighted by atomic mass is 10.1. The Bertz CT molecular complexity index is 633. The number of pyridine rings is 1. The first kappa shape index (κ1) is 36.6. The molecule has 0 N–H and O–H groups in total. The van der Waals surface area contributed by atoms with Crippen molar-refractivity contribution < 1.29 is 9.22 Å². The summed E-state index contributed by atoms with van der Waals surface area (Å²) < 4.78 is 7.12. The lowest BCUT2D eigenvalue weighted by molar-refractivity contribution is -0.870. The molecule has 1 aromatic rings. The van der Waals surface area contributed by atoms with Gasteiger partial charge in [-0.15, -0.1) is 23.5 Å². The molecule has 0 bridgehead atoms. The molecular formula is C34H65N2OS2+. The molecular weight excluding hydrogens is 517 g/mol. The maximum absolute atomic E-state index is 6.19. The van der Waals surface area contributed by atoms with Crippen molar-refractivity contribution in [2.45, 2.75) is 152 Å². The largest absolute Gasteiger partial charge is 0.488 e. The first-order valence-electron chi connectivity index (χ1n) is 16.7. The number of unbranched alkanes of at least 4 members (excludes halogenated alkanes) is 18. The molecule has 0 aliphatic rings. The summed E-state index contributed by atoms with van der Waals surface area (Å²) in [7, 11) is 6.66. The summed E-state index contributed by atoms with van der Waals surface area (Å²) in [6.45, 7) is 6.34. The minimum absolute atomic E-state index is 0.749. The first-order chi connectivity index (χ1) is 18.9. The van der Waals surface area contributed by atoms with E-state index in [4.69, 9.17) is 9.72 Å². The minimum Gasteiger partial charge on any atom is -0.488 e. The van der Waals surface area contributed by atoms with Crippen molar-refractivity contribution in [3.8, 4) is 5.75 Å². The Morgan fingerprint density at radius 3 is 1.28 bits per heavy atom. The van der Waals surface area contributed by atoms with E-state index in [0.29, 0.717) is 0 Å². The van der Waals surface area contributed by atoms with Crippen LogP contribution >= 0.6 is 23.5 Å². The Labute approximate surface area is 253 Å². The molecule has 0 amide bonds. The summed E-state index contributed by atoms with van der Waals surface area (Å²) in [5.74, 6) is 3.32. The van der Waals surface area contributed by atoms with Gasteiger partial charge in [-0.1, -0.05) is 129 Å². The summed E-state index contributed by atoms with van der Waals surface area (Å²) in [6, 6.07) is 4.34. The van der Waals surface area contributed by atoms with E-state index in [1.54, 1.807) is 0 Å². The van der Waals surface area contributed by atoms with E-state index in [9.17, 15) is 0 Å². The number of hydrogen-bond acceptors (Lipinski definition) is 4. The summed E-state index contributed by atoms with van der Waals surface area (Å²) in [5, 5.41) is 2.28. The molecule has 0 aliphatic carbocycles. The second-order valence-electron chi connectivity index (χ2n) is 12.4. The lowest BCUT2D eigenvalue weighted by Crippen LogP contribution is -2.38. The van der Waals surface area contributed by atoms with E-state index in [0.717, 1.165) is 44.9 Å². The summed E-state index contributed by atoms with van der Waals surface area (Å²) >= 11 is 3.83. The fourth-order valence-electron chi connectivity index (χ4n) is 4.66. The van der Waals surface area contributed by atoms with Gasteiger partial charge in [-0.05, 0) is 24.3 Å². The monoisotopic (exact) mass is 581 g/mol. The van der Waals surface area contributed by atoms with Crippen molar-refractivity contribution in [2.75, 3.05) is 45.8 Å². The molecule has 0 aliphatic heterocycles. The third-order valence-electron chi connectivity index (χ3n) is 7.28. The molecule has 1 rings (SSSR count). The number of ether oxygens (including phenoxy) is 1. The number of hydrogen-bond donors (Lipinski definition) is 0. The molecule has 39 heavy (non-hydrogen) atoms. The molecule has 0 atom stereocenters. The lowest BCUT2D eigenvalue weighted by Gasteiger charge is -2.23. The minimum atomic E-state index is 0.749. The van der Waals surface area contributed by atoms with Crippen LogP contribution in [0.5, 0.6) is 5.75 Å². The zero-order chi connectivity index (χ0) is 28.4. The first-order valence-corrected chi connectivity index (χ1v) is 18.6. The highest BCUT2D eigenvalue weighted by atomic mass is 32.2. The molecule has 1 aromatic heterocycles. The van der Waals surface area contributed by atoms with E-state index < -0.39 is 0 Å². The molecule has 3 nitrogen and oxygen atoms in total.